The van der Waals surface area contributed by atoms with Crippen LogP contribution >= 0.6 is 0 Å². The fraction of sp³-hybridized carbons (Fsp3) is 0.625. The summed E-state index contributed by atoms with van der Waals surface area (Å²) < 4.78 is 0. The van der Waals surface area contributed by atoms with Gasteiger partial charge in [0.1, 0.15) is 0 Å². The number of rotatable bonds is 6. The fourth-order valence-electron chi connectivity index (χ4n) is 3.03. The van der Waals surface area contributed by atoms with E-state index in [2.05, 4.69) is 28.0 Å². The van der Waals surface area contributed by atoms with Gasteiger partial charge in [-0.05, 0) is 56.5 Å². The summed E-state index contributed by atoms with van der Waals surface area (Å²) in [6, 6.07) is 9.17. The summed E-state index contributed by atoms with van der Waals surface area (Å²) in [5.74, 6) is 0. The van der Waals surface area contributed by atoms with Crippen molar-refractivity contribution in [1.29, 1.82) is 0 Å². The molecule has 2 N–H and O–H groups in total. The van der Waals surface area contributed by atoms with Gasteiger partial charge >= 0.3 is 0 Å². The molecule has 0 spiro atoms. The van der Waals surface area contributed by atoms with Crippen molar-refractivity contribution in [3.63, 3.8) is 0 Å². The maximum absolute atomic E-state index is 5.87. The molecule has 2 aliphatic rings. The van der Waals surface area contributed by atoms with Gasteiger partial charge in [-0.15, -0.1) is 0 Å². The zero-order valence-electron chi connectivity index (χ0n) is 11.7. The maximum Gasteiger partial charge on any atom is 0.0317 e. The van der Waals surface area contributed by atoms with Crippen LogP contribution in [0.15, 0.2) is 24.3 Å². The lowest BCUT2D eigenvalue weighted by atomic mass is 10.2. The molecule has 3 rings (SSSR count). The number of nitrogens with zero attached hydrogens (tertiary/aromatic N) is 2. The summed E-state index contributed by atoms with van der Waals surface area (Å²) in [5, 5.41) is 0. The van der Waals surface area contributed by atoms with Crippen LogP contribution in [0.4, 0.5) is 5.69 Å². The number of nitrogens with two attached hydrogens (primary N) is 1. The van der Waals surface area contributed by atoms with Crippen LogP contribution in [0, 0.1) is 0 Å². The van der Waals surface area contributed by atoms with Crippen molar-refractivity contribution < 1.29 is 0 Å². The van der Waals surface area contributed by atoms with Crippen LogP contribution < -0.4 is 5.73 Å². The molecule has 1 aromatic carbocycles. The molecule has 3 nitrogen and oxygen atoms in total. The number of hydrogen-bond acceptors (Lipinski definition) is 3. The summed E-state index contributed by atoms with van der Waals surface area (Å²) in [7, 11) is 0. The Morgan fingerprint density at radius 2 is 2.00 bits per heavy atom. The topological polar surface area (TPSA) is 32.5 Å². The molecule has 0 amide bonds. The Balaban J connectivity index is 1.54. The highest BCUT2D eigenvalue weighted by atomic mass is 15.2. The molecule has 104 valence electrons. The average Bonchev–Trinajstić information content (AvgIpc) is 3.11. The average molecular weight is 259 g/mol. The SMILES string of the molecule is Nc1cccc(CN(CCN2CCCC2)C2CC2)c1. The third kappa shape index (κ3) is 3.71. The van der Waals surface area contributed by atoms with Crippen molar-refractivity contribution in [2.45, 2.75) is 38.3 Å². The molecule has 1 saturated heterocycles. The minimum atomic E-state index is 0.823. The van der Waals surface area contributed by atoms with Gasteiger partial charge in [-0.25, -0.2) is 0 Å². The smallest absolute Gasteiger partial charge is 0.0317 e. The van der Waals surface area contributed by atoms with Crippen LogP contribution in [0.2, 0.25) is 0 Å². The van der Waals surface area contributed by atoms with Gasteiger partial charge in [0.2, 0.25) is 0 Å². The van der Waals surface area contributed by atoms with Crippen molar-refractivity contribution in [2.24, 2.45) is 0 Å². The molecule has 1 aliphatic carbocycles. The number of nitrogen functional groups attached to an aromatic ring is 1. The summed E-state index contributed by atoms with van der Waals surface area (Å²) in [6.45, 7) is 6.11. The van der Waals surface area contributed by atoms with E-state index in [1.54, 1.807) is 0 Å². The molecule has 0 radical (unpaired) electrons. The van der Waals surface area contributed by atoms with E-state index in [1.807, 2.05) is 6.07 Å². The Bertz CT molecular complexity index is 408. The van der Waals surface area contributed by atoms with E-state index in [1.165, 1.54) is 57.4 Å². The third-order valence-corrected chi connectivity index (χ3v) is 4.30. The minimum absolute atomic E-state index is 0.823. The Kier molecular flexibility index (Phi) is 4.04. The van der Waals surface area contributed by atoms with E-state index < -0.39 is 0 Å². The van der Waals surface area contributed by atoms with Crippen LogP contribution in [-0.4, -0.2) is 42.0 Å². The van der Waals surface area contributed by atoms with E-state index in [0.29, 0.717) is 0 Å². The van der Waals surface area contributed by atoms with Gasteiger partial charge < -0.3 is 10.6 Å². The zero-order chi connectivity index (χ0) is 13.1. The van der Waals surface area contributed by atoms with Gasteiger partial charge in [-0.2, -0.15) is 0 Å². The Morgan fingerprint density at radius 3 is 2.68 bits per heavy atom. The van der Waals surface area contributed by atoms with Crippen molar-refractivity contribution >= 4 is 5.69 Å². The molecule has 0 unspecified atom stereocenters. The van der Waals surface area contributed by atoms with Crippen molar-refractivity contribution in [2.75, 3.05) is 31.9 Å². The van der Waals surface area contributed by atoms with Gasteiger partial charge in [0.05, 0.1) is 0 Å². The van der Waals surface area contributed by atoms with E-state index >= 15 is 0 Å². The summed E-state index contributed by atoms with van der Waals surface area (Å²) in [5.41, 5.74) is 8.11. The molecule has 2 fully saturated rings. The summed E-state index contributed by atoms with van der Waals surface area (Å²) >= 11 is 0. The lowest BCUT2D eigenvalue weighted by Crippen LogP contribution is -2.34. The van der Waals surface area contributed by atoms with Crippen LogP contribution in [0.1, 0.15) is 31.2 Å². The van der Waals surface area contributed by atoms with Crippen LogP contribution in [0.5, 0.6) is 0 Å². The Morgan fingerprint density at radius 1 is 1.21 bits per heavy atom. The molecule has 0 bridgehead atoms. The normalized spacial score (nSPS) is 20.3. The first-order valence-electron chi connectivity index (χ1n) is 7.62. The molecule has 1 saturated carbocycles. The Hall–Kier alpha value is -1.06. The van der Waals surface area contributed by atoms with Gasteiger partial charge in [0.15, 0.2) is 0 Å². The first kappa shape index (κ1) is 12.9. The maximum atomic E-state index is 5.87. The highest BCUT2D eigenvalue weighted by Gasteiger charge is 2.29. The molecule has 1 aliphatic heterocycles. The number of likely N-dealkylation sites (tertiary alicyclic amines) is 1. The monoisotopic (exact) mass is 259 g/mol. The first-order chi connectivity index (χ1) is 9.31. The van der Waals surface area contributed by atoms with E-state index in [0.717, 1.165) is 18.3 Å². The van der Waals surface area contributed by atoms with Crippen molar-refractivity contribution in [3.05, 3.63) is 29.8 Å². The lowest BCUT2D eigenvalue weighted by molar-refractivity contribution is 0.211. The fourth-order valence-corrected chi connectivity index (χ4v) is 3.03. The van der Waals surface area contributed by atoms with Crippen molar-refractivity contribution in [1.82, 2.24) is 9.80 Å². The number of anilines is 1. The Labute approximate surface area is 116 Å². The molecule has 1 aromatic rings. The molecular formula is C16H25N3. The molecule has 0 aromatic heterocycles. The molecule has 0 atom stereocenters. The summed E-state index contributed by atoms with van der Waals surface area (Å²) in [6.07, 6.45) is 5.53. The highest BCUT2D eigenvalue weighted by molar-refractivity contribution is 5.40. The largest absolute Gasteiger partial charge is 0.399 e. The highest BCUT2D eigenvalue weighted by Crippen LogP contribution is 2.28. The first-order valence-corrected chi connectivity index (χ1v) is 7.62. The standard InChI is InChI=1S/C16H25N3/c17-15-5-3-4-14(12-15)13-19(16-6-7-16)11-10-18-8-1-2-9-18/h3-5,12,16H,1-2,6-11,13,17H2. The van der Waals surface area contributed by atoms with Gasteiger partial charge in [0.25, 0.3) is 0 Å². The minimum Gasteiger partial charge on any atom is -0.399 e. The van der Waals surface area contributed by atoms with Crippen molar-refractivity contribution in [3.8, 4) is 0 Å². The second-order valence-electron chi connectivity index (χ2n) is 6.00. The molecule has 1 heterocycles. The van der Waals surface area contributed by atoms with E-state index in [4.69, 9.17) is 5.73 Å². The predicted molar refractivity (Wildman–Crippen MR) is 80.0 cm³/mol. The molecule has 19 heavy (non-hydrogen) atoms. The number of benzene rings is 1. The zero-order valence-corrected chi connectivity index (χ0v) is 11.7. The van der Waals surface area contributed by atoms with Crippen LogP contribution in [0.3, 0.4) is 0 Å². The van der Waals surface area contributed by atoms with Gasteiger partial charge in [-0.1, -0.05) is 12.1 Å². The second kappa shape index (κ2) is 5.93. The second-order valence-corrected chi connectivity index (χ2v) is 6.00. The van der Waals surface area contributed by atoms with Crippen LogP contribution in [0.25, 0.3) is 0 Å². The van der Waals surface area contributed by atoms with E-state index in [9.17, 15) is 0 Å². The van der Waals surface area contributed by atoms with E-state index in [-0.39, 0.29) is 0 Å². The quantitative estimate of drug-likeness (QED) is 0.796. The summed E-state index contributed by atoms with van der Waals surface area (Å²) in [4.78, 5) is 5.25. The number of hydrogen-bond donors (Lipinski definition) is 1. The lowest BCUT2D eigenvalue weighted by Gasteiger charge is -2.25. The van der Waals surface area contributed by atoms with Gasteiger partial charge in [-0.3, -0.25) is 4.90 Å². The predicted octanol–water partition coefficient (Wildman–Crippen LogP) is 2.33. The van der Waals surface area contributed by atoms with Crippen LogP contribution in [-0.2, 0) is 6.54 Å². The third-order valence-electron chi connectivity index (χ3n) is 4.30. The molecule has 3 heteroatoms. The van der Waals surface area contributed by atoms with Gasteiger partial charge in [0, 0.05) is 31.4 Å². The molecular weight excluding hydrogens is 234 g/mol.